The summed E-state index contributed by atoms with van der Waals surface area (Å²) in [7, 11) is 0. The number of rotatable bonds is 4. The molecule has 2 rings (SSSR count). The van der Waals surface area contributed by atoms with Crippen LogP contribution in [0.1, 0.15) is 25.7 Å². The SMILES string of the molecule is O=C(ON1C(=O)CC(CC#CBr)C1=O)ON1C(=O)CC(CC#CBr)C1=O. The Balaban J connectivity index is 1.95. The molecule has 136 valence electrons. The van der Waals surface area contributed by atoms with E-state index < -0.39 is 41.6 Å². The van der Waals surface area contributed by atoms with E-state index in [1.54, 1.807) is 0 Å². The van der Waals surface area contributed by atoms with E-state index >= 15 is 0 Å². The first-order chi connectivity index (χ1) is 12.4. The van der Waals surface area contributed by atoms with Crippen molar-refractivity contribution in [2.45, 2.75) is 25.7 Å². The summed E-state index contributed by atoms with van der Waals surface area (Å²) >= 11 is 5.74. The molecule has 0 aromatic heterocycles. The van der Waals surface area contributed by atoms with E-state index in [9.17, 15) is 24.0 Å². The minimum Gasteiger partial charge on any atom is -0.293 e. The molecule has 2 aliphatic rings. The fourth-order valence-corrected chi connectivity index (χ4v) is 2.66. The Morgan fingerprint density at radius 1 is 0.885 bits per heavy atom. The van der Waals surface area contributed by atoms with Gasteiger partial charge < -0.3 is 0 Å². The maximum absolute atomic E-state index is 12.0. The van der Waals surface area contributed by atoms with Gasteiger partial charge in [-0.2, -0.15) is 4.79 Å². The van der Waals surface area contributed by atoms with Crippen LogP contribution in [0.15, 0.2) is 0 Å². The Kier molecular flexibility index (Phi) is 6.77. The zero-order valence-corrected chi connectivity index (χ0v) is 16.2. The van der Waals surface area contributed by atoms with Crippen LogP contribution < -0.4 is 0 Å². The fraction of sp³-hybridized carbons (Fsp3) is 0.400. The quantitative estimate of drug-likeness (QED) is 0.431. The van der Waals surface area contributed by atoms with Gasteiger partial charge in [-0.1, -0.05) is 22.0 Å². The van der Waals surface area contributed by atoms with Crippen LogP contribution in [-0.2, 0) is 28.9 Å². The summed E-state index contributed by atoms with van der Waals surface area (Å²) < 4.78 is 0. The van der Waals surface area contributed by atoms with Crippen molar-refractivity contribution in [2.24, 2.45) is 11.8 Å². The molecule has 0 spiro atoms. The molecule has 0 saturated carbocycles. The Hall–Kier alpha value is -2.37. The first kappa shape index (κ1) is 19.9. The average molecular weight is 490 g/mol. The van der Waals surface area contributed by atoms with Gasteiger partial charge in [-0.05, 0) is 9.66 Å². The smallest absolute Gasteiger partial charge is 0.293 e. The fourth-order valence-electron chi connectivity index (χ4n) is 2.34. The molecule has 0 N–H and O–H groups in total. The number of carbonyl (C=O) groups is 5. The molecule has 2 atom stereocenters. The van der Waals surface area contributed by atoms with Gasteiger partial charge in [-0.3, -0.25) is 28.9 Å². The van der Waals surface area contributed by atoms with Gasteiger partial charge >= 0.3 is 6.16 Å². The number of carbonyl (C=O) groups excluding carboxylic acids is 5. The van der Waals surface area contributed by atoms with E-state index in [1.807, 2.05) is 0 Å². The Morgan fingerprint density at radius 3 is 1.62 bits per heavy atom. The third kappa shape index (κ3) is 4.42. The topological polar surface area (TPSA) is 110 Å². The molecule has 0 radical (unpaired) electrons. The van der Waals surface area contributed by atoms with Gasteiger partial charge in [0.1, 0.15) is 0 Å². The van der Waals surface area contributed by atoms with Crippen LogP contribution >= 0.6 is 31.9 Å². The standard InChI is InChI=1S/C15H10Br2N2O7/c16-5-1-3-9-7-11(20)18(13(9)22)25-15(24)26-19-12(21)8-10(14(19)23)4-2-6-17/h9-10H,3-4,7-8H2. The highest BCUT2D eigenvalue weighted by molar-refractivity contribution is 9.12. The molecule has 2 aliphatic heterocycles. The molecular weight excluding hydrogens is 480 g/mol. The van der Waals surface area contributed by atoms with Crippen molar-refractivity contribution < 1.29 is 33.6 Å². The van der Waals surface area contributed by atoms with Crippen LogP contribution in [0.4, 0.5) is 4.79 Å². The molecule has 0 aromatic carbocycles. The number of hydrogen-bond donors (Lipinski definition) is 0. The second-order valence-corrected chi connectivity index (χ2v) is 6.03. The summed E-state index contributed by atoms with van der Waals surface area (Å²) in [6.07, 6.45) is -1.70. The van der Waals surface area contributed by atoms with Gasteiger partial charge in [0.05, 0.1) is 11.8 Å². The van der Waals surface area contributed by atoms with Crippen molar-refractivity contribution in [3.05, 3.63) is 0 Å². The summed E-state index contributed by atoms with van der Waals surface area (Å²) in [6, 6.07) is 0. The lowest BCUT2D eigenvalue weighted by Gasteiger charge is -2.16. The molecule has 11 heteroatoms. The largest absolute Gasteiger partial charge is 0.560 e. The van der Waals surface area contributed by atoms with Gasteiger partial charge in [0, 0.05) is 57.5 Å². The molecule has 2 saturated heterocycles. The van der Waals surface area contributed by atoms with Crippen molar-refractivity contribution >= 4 is 61.6 Å². The molecule has 2 unspecified atom stereocenters. The summed E-state index contributed by atoms with van der Waals surface area (Å²) in [5.41, 5.74) is 0. The van der Waals surface area contributed by atoms with E-state index in [0.29, 0.717) is 0 Å². The minimum atomic E-state index is -1.55. The van der Waals surface area contributed by atoms with Crippen LogP contribution in [0.5, 0.6) is 0 Å². The normalized spacial score (nSPS) is 21.9. The van der Waals surface area contributed by atoms with E-state index in [1.165, 1.54) is 0 Å². The predicted molar refractivity (Wildman–Crippen MR) is 90.1 cm³/mol. The van der Waals surface area contributed by atoms with Crippen LogP contribution in [-0.4, -0.2) is 39.9 Å². The summed E-state index contributed by atoms with van der Waals surface area (Å²) in [5, 5.41) is 0.503. The van der Waals surface area contributed by atoms with Crippen molar-refractivity contribution in [2.75, 3.05) is 0 Å². The lowest BCUT2D eigenvalue weighted by molar-refractivity contribution is -0.199. The molecule has 2 fully saturated rings. The van der Waals surface area contributed by atoms with Gasteiger partial charge in [0.15, 0.2) is 0 Å². The van der Waals surface area contributed by atoms with Gasteiger partial charge in [-0.25, -0.2) is 0 Å². The number of nitrogens with zero attached hydrogens (tertiary/aromatic N) is 2. The van der Waals surface area contributed by atoms with Crippen LogP contribution in [0.25, 0.3) is 0 Å². The second kappa shape index (κ2) is 8.83. The first-order valence-corrected chi connectivity index (χ1v) is 8.78. The average Bonchev–Trinajstić information content (AvgIpc) is 3.02. The van der Waals surface area contributed by atoms with Crippen LogP contribution in [0, 0.1) is 33.3 Å². The number of amides is 4. The highest BCUT2D eigenvalue weighted by Gasteiger charge is 2.44. The molecular formula is C15H10Br2N2O7. The molecule has 4 amide bonds. The predicted octanol–water partition coefficient (Wildman–Crippen LogP) is 1.21. The molecule has 26 heavy (non-hydrogen) atoms. The minimum absolute atomic E-state index is 0.101. The van der Waals surface area contributed by atoms with Crippen molar-refractivity contribution in [1.82, 2.24) is 10.1 Å². The molecule has 0 bridgehead atoms. The van der Waals surface area contributed by atoms with E-state index in [4.69, 9.17) is 0 Å². The van der Waals surface area contributed by atoms with Gasteiger partial charge in [0.2, 0.25) is 0 Å². The molecule has 0 aromatic rings. The molecule has 9 nitrogen and oxygen atoms in total. The van der Waals surface area contributed by atoms with Crippen molar-refractivity contribution in [3.63, 3.8) is 0 Å². The second-order valence-electron chi connectivity index (χ2n) is 5.24. The zero-order valence-electron chi connectivity index (χ0n) is 13.0. The number of hydroxylamine groups is 4. The Labute approximate surface area is 164 Å². The number of imide groups is 2. The first-order valence-electron chi connectivity index (χ1n) is 7.19. The third-order valence-corrected chi connectivity index (χ3v) is 4.12. The highest BCUT2D eigenvalue weighted by Crippen LogP contribution is 2.25. The Bertz CT molecular complexity index is 725. The van der Waals surface area contributed by atoms with E-state index in [0.717, 1.165) is 0 Å². The zero-order chi connectivity index (χ0) is 19.3. The van der Waals surface area contributed by atoms with E-state index in [-0.39, 0.29) is 35.8 Å². The highest BCUT2D eigenvalue weighted by atomic mass is 79.9. The van der Waals surface area contributed by atoms with Crippen molar-refractivity contribution in [3.8, 4) is 21.5 Å². The van der Waals surface area contributed by atoms with Gasteiger partial charge in [-0.15, -0.1) is 0 Å². The van der Waals surface area contributed by atoms with Crippen LogP contribution in [0.3, 0.4) is 0 Å². The third-order valence-electron chi connectivity index (χ3n) is 3.56. The molecule has 0 aliphatic carbocycles. The maximum Gasteiger partial charge on any atom is 0.560 e. The lowest BCUT2D eigenvalue weighted by Crippen LogP contribution is -2.38. The molecule has 2 heterocycles. The lowest BCUT2D eigenvalue weighted by atomic mass is 10.1. The van der Waals surface area contributed by atoms with E-state index in [2.05, 4.69) is 63.0 Å². The summed E-state index contributed by atoms with van der Waals surface area (Å²) in [4.78, 5) is 73.3. The summed E-state index contributed by atoms with van der Waals surface area (Å²) in [5.74, 6) is 0.666. The van der Waals surface area contributed by atoms with Gasteiger partial charge in [0.25, 0.3) is 23.6 Å². The number of halogens is 2. The van der Waals surface area contributed by atoms with Crippen molar-refractivity contribution in [1.29, 1.82) is 0 Å². The van der Waals surface area contributed by atoms with Crippen LogP contribution in [0.2, 0.25) is 0 Å². The monoisotopic (exact) mass is 488 g/mol. The Morgan fingerprint density at radius 2 is 1.27 bits per heavy atom. The summed E-state index contributed by atoms with van der Waals surface area (Å²) in [6.45, 7) is 0. The number of hydrogen-bond acceptors (Lipinski definition) is 7. The maximum atomic E-state index is 12.0.